The molecule has 2 atom stereocenters. The summed E-state index contributed by atoms with van der Waals surface area (Å²) in [6.07, 6.45) is 4.86. The first-order chi connectivity index (χ1) is 12.5. The lowest BCUT2D eigenvalue weighted by atomic mass is 10.1. The van der Waals surface area contributed by atoms with E-state index in [1.807, 2.05) is 35.0 Å². The molecule has 3 rings (SSSR count). The van der Waals surface area contributed by atoms with Crippen LogP contribution in [0.5, 0.6) is 0 Å². The first-order valence-corrected chi connectivity index (χ1v) is 9.16. The van der Waals surface area contributed by atoms with Gasteiger partial charge < -0.3 is 10.4 Å². The number of aliphatic carboxylic acids is 1. The van der Waals surface area contributed by atoms with Gasteiger partial charge >= 0.3 is 5.97 Å². The number of nitrogens with one attached hydrogen (secondary N) is 1. The van der Waals surface area contributed by atoms with Gasteiger partial charge in [0.2, 0.25) is 0 Å². The van der Waals surface area contributed by atoms with Crippen LogP contribution in [0.25, 0.3) is 0 Å². The second-order valence-corrected chi connectivity index (χ2v) is 6.97. The van der Waals surface area contributed by atoms with Crippen LogP contribution in [0.1, 0.15) is 66.7 Å². The third-order valence-corrected chi connectivity index (χ3v) is 4.94. The van der Waals surface area contributed by atoms with Crippen LogP contribution >= 0.6 is 0 Å². The lowest BCUT2D eigenvalue weighted by Gasteiger charge is -2.17. The van der Waals surface area contributed by atoms with Crippen LogP contribution in [0.3, 0.4) is 0 Å². The average molecular weight is 355 g/mol. The van der Waals surface area contributed by atoms with Gasteiger partial charge in [-0.15, -0.1) is 0 Å². The predicted molar refractivity (Wildman–Crippen MR) is 98.2 cm³/mol. The van der Waals surface area contributed by atoms with Gasteiger partial charge in [0.25, 0.3) is 5.91 Å². The maximum absolute atomic E-state index is 12.8. The molecule has 1 aliphatic rings. The summed E-state index contributed by atoms with van der Waals surface area (Å²) in [6, 6.07) is 8.56. The summed E-state index contributed by atoms with van der Waals surface area (Å²) in [4.78, 5) is 24.4. The number of rotatable bonds is 8. The Hall–Kier alpha value is -2.63. The maximum Gasteiger partial charge on any atom is 0.326 e. The lowest BCUT2D eigenvalue weighted by Crippen LogP contribution is -2.42. The van der Waals surface area contributed by atoms with Crippen molar-refractivity contribution in [2.24, 2.45) is 0 Å². The first-order valence-electron chi connectivity index (χ1n) is 9.16. The molecule has 1 amide bonds. The Morgan fingerprint density at radius 3 is 2.58 bits per heavy atom. The molecule has 138 valence electrons. The maximum atomic E-state index is 12.8. The number of hydrogen-bond donors (Lipinski definition) is 2. The van der Waals surface area contributed by atoms with Crippen molar-refractivity contribution in [3.05, 3.63) is 53.3 Å². The van der Waals surface area contributed by atoms with Gasteiger partial charge in [-0.2, -0.15) is 5.10 Å². The van der Waals surface area contributed by atoms with Crippen molar-refractivity contribution >= 4 is 11.9 Å². The van der Waals surface area contributed by atoms with Crippen molar-refractivity contribution < 1.29 is 14.7 Å². The Labute approximate surface area is 153 Å². The second kappa shape index (κ2) is 7.72. The van der Waals surface area contributed by atoms with Crippen molar-refractivity contribution in [2.75, 3.05) is 0 Å². The fraction of sp³-hybridized carbons (Fsp3) is 0.450. The van der Waals surface area contributed by atoms with Crippen LogP contribution in [-0.2, 0) is 11.2 Å². The van der Waals surface area contributed by atoms with E-state index >= 15 is 0 Å². The molecule has 6 nitrogen and oxygen atoms in total. The van der Waals surface area contributed by atoms with E-state index in [0.29, 0.717) is 11.5 Å². The van der Waals surface area contributed by atoms with Crippen LogP contribution in [0.15, 0.2) is 36.5 Å². The zero-order chi connectivity index (χ0) is 18.7. The van der Waals surface area contributed by atoms with E-state index in [9.17, 15) is 14.7 Å². The van der Waals surface area contributed by atoms with Crippen molar-refractivity contribution in [3.8, 4) is 0 Å². The van der Waals surface area contributed by atoms with Gasteiger partial charge in [-0.25, -0.2) is 4.79 Å². The van der Waals surface area contributed by atoms with E-state index in [4.69, 9.17) is 0 Å². The molecule has 1 saturated carbocycles. The molecule has 1 heterocycles. The summed E-state index contributed by atoms with van der Waals surface area (Å²) in [5.41, 5.74) is 2.32. The zero-order valence-corrected chi connectivity index (χ0v) is 15.2. The molecular formula is C20H25N3O3. The highest BCUT2D eigenvalue weighted by molar-refractivity contribution is 5.97. The van der Waals surface area contributed by atoms with E-state index in [2.05, 4.69) is 24.3 Å². The van der Waals surface area contributed by atoms with Crippen molar-refractivity contribution in [1.29, 1.82) is 0 Å². The average Bonchev–Trinajstić information content (AvgIpc) is 3.39. The molecule has 1 aliphatic carbocycles. The van der Waals surface area contributed by atoms with Gasteiger partial charge in [-0.1, -0.05) is 37.3 Å². The van der Waals surface area contributed by atoms with Gasteiger partial charge in [-0.05, 0) is 31.7 Å². The minimum absolute atomic E-state index is 0.215. The highest BCUT2D eigenvalue weighted by Gasteiger charge is 2.34. The van der Waals surface area contributed by atoms with Crippen LogP contribution in [-0.4, -0.2) is 32.8 Å². The summed E-state index contributed by atoms with van der Waals surface area (Å²) in [5, 5.41) is 16.6. The fourth-order valence-electron chi connectivity index (χ4n) is 3.12. The largest absolute Gasteiger partial charge is 0.480 e. The van der Waals surface area contributed by atoms with Gasteiger partial charge in [0.15, 0.2) is 0 Å². The molecular weight excluding hydrogens is 330 g/mol. The Morgan fingerprint density at radius 1 is 1.31 bits per heavy atom. The van der Waals surface area contributed by atoms with Gasteiger partial charge in [0.1, 0.15) is 6.04 Å². The quantitative estimate of drug-likeness (QED) is 0.762. The molecule has 0 spiro atoms. The number of carbonyl (C=O) groups is 2. The highest BCUT2D eigenvalue weighted by atomic mass is 16.4. The molecule has 1 aromatic heterocycles. The number of carbonyl (C=O) groups excluding carboxylic acids is 1. The number of benzene rings is 1. The smallest absolute Gasteiger partial charge is 0.326 e. The van der Waals surface area contributed by atoms with Gasteiger partial charge in [0.05, 0.1) is 17.5 Å². The minimum Gasteiger partial charge on any atom is -0.480 e. The van der Waals surface area contributed by atoms with Crippen molar-refractivity contribution in [2.45, 2.75) is 57.5 Å². The fourth-order valence-corrected chi connectivity index (χ4v) is 3.12. The number of nitrogens with zero attached hydrogens (tertiary/aromatic N) is 2. The first kappa shape index (κ1) is 18.2. The van der Waals surface area contributed by atoms with E-state index in [0.717, 1.165) is 30.5 Å². The van der Waals surface area contributed by atoms with E-state index in [1.54, 1.807) is 6.20 Å². The summed E-state index contributed by atoms with van der Waals surface area (Å²) in [7, 11) is 0. The SMILES string of the molecule is CCC(C)n1ncc(C(=O)NC(Cc2ccccc2)C(=O)O)c1C1CC1. The lowest BCUT2D eigenvalue weighted by molar-refractivity contribution is -0.139. The summed E-state index contributed by atoms with van der Waals surface area (Å²) >= 11 is 0. The molecule has 2 N–H and O–H groups in total. The number of aromatic nitrogens is 2. The highest BCUT2D eigenvalue weighted by Crippen LogP contribution is 2.42. The number of carboxylic acids is 1. The molecule has 0 saturated heterocycles. The standard InChI is InChI=1S/C20H25N3O3/c1-3-13(2)23-18(15-9-10-15)16(12-21-23)19(24)22-17(20(25)26)11-14-7-5-4-6-8-14/h4-8,12-13,15,17H,3,9-11H2,1-2H3,(H,22,24)(H,25,26). The third kappa shape index (κ3) is 3.95. The van der Waals surface area contributed by atoms with Crippen molar-refractivity contribution in [1.82, 2.24) is 15.1 Å². The van der Waals surface area contributed by atoms with Crippen LogP contribution in [0, 0.1) is 0 Å². The topological polar surface area (TPSA) is 84.2 Å². The molecule has 2 unspecified atom stereocenters. The van der Waals surface area contributed by atoms with Gasteiger partial charge in [0, 0.05) is 18.4 Å². The molecule has 2 aromatic rings. The Balaban J connectivity index is 1.80. The molecule has 0 bridgehead atoms. The normalized spacial score (nSPS) is 16.1. The van der Waals surface area contributed by atoms with E-state index < -0.39 is 12.0 Å². The Bertz CT molecular complexity index is 781. The monoisotopic (exact) mass is 355 g/mol. The zero-order valence-electron chi connectivity index (χ0n) is 15.2. The molecule has 0 radical (unpaired) electrons. The minimum atomic E-state index is -1.04. The summed E-state index contributed by atoms with van der Waals surface area (Å²) in [6.45, 7) is 4.17. The van der Waals surface area contributed by atoms with Crippen molar-refractivity contribution in [3.63, 3.8) is 0 Å². The number of amides is 1. The van der Waals surface area contributed by atoms with E-state index in [1.165, 1.54) is 0 Å². The number of hydrogen-bond acceptors (Lipinski definition) is 3. The summed E-state index contributed by atoms with van der Waals surface area (Å²) in [5.74, 6) is -1.04. The van der Waals surface area contributed by atoms with Gasteiger partial charge in [-0.3, -0.25) is 9.48 Å². The molecule has 6 heteroatoms. The number of carboxylic acid groups (broad SMARTS) is 1. The molecule has 1 fully saturated rings. The van der Waals surface area contributed by atoms with E-state index in [-0.39, 0.29) is 18.4 Å². The second-order valence-electron chi connectivity index (χ2n) is 6.97. The Kier molecular flexibility index (Phi) is 5.40. The summed E-state index contributed by atoms with van der Waals surface area (Å²) < 4.78 is 1.93. The van der Waals surface area contributed by atoms with Crippen LogP contribution in [0.2, 0.25) is 0 Å². The molecule has 26 heavy (non-hydrogen) atoms. The Morgan fingerprint density at radius 2 is 2.00 bits per heavy atom. The van der Waals surface area contributed by atoms with Crippen LogP contribution in [0.4, 0.5) is 0 Å². The predicted octanol–water partition coefficient (Wildman–Crippen LogP) is 3.16. The third-order valence-electron chi connectivity index (χ3n) is 4.94. The van der Waals surface area contributed by atoms with Crippen LogP contribution < -0.4 is 5.32 Å². The molecule has 1 aromatic carbocycles. The molecule has 0 aliphatic heterocycles.